The smallest absolute Gasteiger partial charge is 0.132 e. The molecule has 30 heavy (non-hydrogen) atoms. The molecule has 5 N–H and O–H groups in total. The van der Waals surface area contributed by atoms with Crippen LogP contribution in [0.15, 0.2) is 23.8 Å². The lowest BCUT2D eigenvalue weighted by Gasteiger charge is -2.36. The van der Waals surface area contributed by atoms with Gasteiger partial charge in [-0.05, 0) is 69.6 Å². The van der Waals surface area contributed by atoms with Crippen molar-refractivity contribution in [3.05, 3.63) is 35.2 Å². The predicted molar refractivity (Wildman–Crippen MR) is 122 cm³/mol. The largest absolute Gasteiger partial charge is 0.398 e. The number of nitrogens with one attached hydrogen (secondary N) is 2. The molecular formula is C23H39FN4O2. The van der Waals surface area contributed by atoms with Crippen molar-refractivity contribution in [2.24, 2.45) is 0 Å². The van der Waals surface area contributed by atoms with Gasteiger partial charge in [-0.2, -0.15) is 0 Å². The van der Waals surface area contributed by atoms with Gasteiger partial charge in [-0.15, -0.1) is 0 Å². The molecule has 0 radical (unpaired) electrons. The monoisotopic (exact) mass is 422 g/mol. The molecule has 170 valence electrons. The maximum atomic E-state index is 14.2. The predicted octanol–water partition coefficient (Wildman–Crippen LogP) is 2.59. The minimum atomic E-state index is -0.836. The van der Waals surface area contributed by atoms with E-state index in [1.54, 1.807) is 25.3 Å². The second-order valence-electron chi connectivity index (χ2n) is 7.76. The third-order valence-corrected chi connectivity index (χ3v) is 5.73. The lowest BCUT2D eigenvalue weighted by molar-refractivity contribution is 0.0706. The zero-order chi connectivity index (χ0) is 21.9. The van der Waals surface area contributed by atoms with Crippen LogP contribution in [0.25, 0.3) is 6.08 Å². The SMILES string of the molecule is CC.CNC(O)/C(=C/c1c(N)cccc1F)CN1CCC(NC2CCOCC2)CC1. The number of likely N-dealkylation sites (tertiary alicyclic amines) is 1. The number of likely N-dealkylation sites (N-methyl/N-ethyl adjacent to an activating group) is 1. The van der Waals surface area contributed by atoms with Gasteiger partial charge in [0.1, 0.15) is 12.0 Å². The van der Waals surface area contributed by atoms with Gasteiger partial charge in [0.05, 0.1) is 0 Å². The Balaban J connectivity index is 0.00000155. The summed E-state index contributed by atoms with van der Waals surface area (Å²) in [7, 11) is 1.69. The molecule has 2 aliphatic heterocycles. The van der Waals surface area contributed by atoms with Gasteiger partial charge < -0.3 is 20.9 Å². The number of nitrogen functional groups attached to an aromatic ring is 1. The molecule has 0 spiro atoms. The highest BCUT2D eigenvalue weighted by Crippen LogP contribution is 2.22. The van der Waals surface area contributed by atoms with Gasteiger partial charge in [-0.1, -0.05) is 19.9 Å². The van der Waals surface area contributed by atoms with E-state index in [4.69, 9.17) is 10.5 Å². The maximum Gasteiger partial charge on any atom is 0.132 e. The first-order chi connectivity index (χ1) is 14.6. The van der Waals surface area contributed by atoms with Crippen LogP contribution >= 0.6 is 0 Å². The standard InChI is InChI=1S/C21H33FN4O2.C2H6/c1-24-21(27)15(13-18-19(22)3-2-4-20(18)23)14-26-9-5-16(6-10-26)25-17-7-11-28-12-8-17;1-2/h2-4,13,16-17,21,24-25,27H,5-12,14,23H2,1H3;1-2H3/b15-13+;. The lowest BCUT2D eigenvalue weighted by Crippen LogP contribution is -2.48. The highest BCUT2D eigenvalue weighted by Gasteiger charge is 2.24. The number of rotatable bonds is 7. The number of aliphatic hydroxyl groups is 1. The van der Waals surface area contributed by atoms with E-state index in [2.05, 4.69) is 15.5 Å². The van der Waals surface area contributed by atoms with Crippen molar-refractivity contribution in [2.45, 2.75) is 57.8 Å². The molecule has 2 saturated heterocycles. The van der Waals surface area contributed by atoms with Crippen LogP contribution in [-0.2, 0) is 4.74 Å². The van der Waals surface area contributed by atoms with Crippen LogP contribution < -0.4 is 16.4 Å². The number of nitrogens with two attached hydrogens (primary N) is 1. The number of hydrogen-bond donors (Lipinski definition) is 4. The molecule has 6 nitrogen and oxygen atoms in total. The van der Waals surface area contributed by atoms with Crippen molar-refractivity contribution >= 4 is 11.8 Å². The summed E-state index contributed by atoms with van der Waals surface area (Å²) >= 11 is 0. The molecule has 2 fully saturated rings. The number of hydrogen-bond acceptors (Lipinski definition) is 6. The van der Waals surface area contributed by atoms with Crippen LogP contribution in [0.3, 0.4) is 0 Å². The Hall–Kier alpha value is -1.51. The van der Waals surface area contributed by atoms with E-state index in [-0.39, 0.29) is 5.82 Å². The molecule has 0 saturated carbocycles. The molecule has 1 atom stereocenters. The Morgan fingerprint density at radius 1 is 1.23 bits per heavy atom. The van der Waals surface area contributed by atoms with E-state index in [1.165, 1.54) is 6.07 Å². The molecular weight excluding hydrogens is 383 g/mol. The van der Waals surface area contributed by atoms with Gasteiger partial charge in [-0.25, -0.2) is 4.39 Å². The van der Waals surface area contributed by atoms with Crippen molar-refractivity contribution in [2.75, 3.05) is 45.6 Å². The zero-order valence-electron chi connectivity index (χ0n) is 18.7. The summed E-state index contributed by atoms with van der Waals surface area (Å²) in [6, 6.07) is 5.75. The summed E-state index contributed by atoms with van der Waals surface area (Å²) in [6.45, 7) is 8.18. The Bertz CT molecular complexity index is 636. The number of benzene rings is 1. The average molecular weight is 423 g/mol. The molecule has 1 unspecified atom stereocenters. The summed E-state index contributed by atoms with van der Waals surface area (Å²) in [5.41, 5.74) is 7.36. The van der Waals surface area contributed by atoms with Crippen molar-refractivity contribution in [3.63, 3.8) is 0 Å². The molecule has 1 aromatic carbocycles. The molecule has 1 aromatic rings. The number of ether oxygens (including phenoxy) is 1. The fourth-order valence-electron chi connectivity index (χ4n) is 4.00. The van der Waals surface area contributed by atoms with Crippen LogP contribution in [-0.4, -0.2) is 68.2 Å². The zero-order valence-corrected chi connectivity index (χ0v) is 18.7. The first kappa shape index (κ1) is 24.8. The third-order valence-electron chi connectivity index (χ3n) is 5.73. The molecule has 0 aromatic heterocycles. The Kier molecular flexibility index (Phi) is 10.7. The van der Waals surface area contributed by atoms with Crippen molar-refractivity contribution in [3.8, 4) is 0 Å². The molecule has 0 amide bonds. The fourth-order valence-corrected chi connectivity index (χ4v) is 4.00. The topological polar surface area (TPSA) is 82.8 Å². The van der Waals surface area contributed by atoms with Gasteiger partial charge in [0.15, 0.2) is 0 Å². The Morgan fingerprint density at radius 3 is 2.47 bits per heavy atom. The number of aliphatic hydroxyl groups excluding tert-OH is 1. The van der Waals surface area contributed by atoms with Crippen LogP contribution in [0.5, 0.6) is 0 Å². The van der Waals surface area contributed by atoms with Crippen molar-refractivity contribution < 1.29 is 14.2 Å². The quantitative estimate of drug-likeness (QED) is 0.399. The Labute approximate surface area is 180 Å². The highest BCUT2D eigenvalue weighted by molar-refractivity contribution is 5.67. The summed E-state index contributed by atoms with van der Waals surface area (Å²) < 4.78 is 19.6. The lowest BCUT2D eigenvalue weighted by atomic mass is 10.00. The summed E-state index contributed by atoms with van der Waals surface area (Å²) in [5.74, 6) is -0.375. The van der Waals surface area contributed by atoms with E-state index < -0.39 is 6.23 Å². The number of nitrogens with zero attached hydrogens (tertiary/aromatic N) is 1. The highest BCUT2D eigenvalue weighted by atomic mass is 19.1. The molecule has 7 heteroatoms. The molecule has 3 rings (SSSR count). The van der Waals surface area contributed by atoms with Crippen molar-refractivity contribution in [1.82, 2.24) is 15.5 Å². The summed E-state index contributed by atoms with van der Waals surface area (Å²) in [4.78, 5) is 2.31. The van der Waals surface area contributed by atoms with E-state index in [9.17, 15) is 9.50 Å². The van der Waals surface area contributed by atoms with E-state index in [1.807, 2.05) is 13.8 Å². The van der Waals surface area contributed by atoms with E-state index >= 15 is 0 Å². The van der Waals surface area contributed by atoms with Gasteiger partial charge in [0.2, 0.25) is 0 Å². The number of piperidine rings is 1. The maximum absolute atomic E-state index is 14.2. The molecule has 0 aliphatic carbocycles. The number of anilines is 1. The minimum absolute atomic E-state index is 0.336. The van der Waals surface area contributed by atoms with Gasteiger partial charge in [0, 0.05) is 43.1 Å². The molecule has 2 aliphatic rings. The van der Waals surface area contributed by atoms with Gasteiger partial charge in [-0.3, -0.25) is 10.2 Å². The van der Waals surface area contributed by atoms with Gasteiger partial charge in [0.25, 0.3) is 0 Å². The van der Waals surface area contributed by atoms with E-state index in [0.717, 1.165) is 57.6 Å². The first-order valence-corrected chi connectivity index (χ1v) is 11.2. The molecule has 0 bridgehead atoms. The van der Waals surface area contributed by atoms with Crippen molar-refractivity contribution in [1.29, 1.82) is 0 Å². The molecule has 2 heterocycles. The minimum Gasteiger partial charge on any atom is -0.398 e. The Morgan fingerprint density at radius 2 is 1.87 bits per heavy atom. The second-order valence-corrected chi connectivity index (χ2v) is 7.76. The average Bonchev–Trinajstić information content (AvgIpc) is 2.78. The number of halogens is 1. The first-order valence-electron chi connectivity index (χ1n) is 11.2. The summed E-state index contributed by atoms with van der Waals surface area (Å²) in [5, 5.41) is 17.0. The van der Waals surface area contributed by atoms with Crippen LogP contribution in [0, 0.1) is 5.82 Å². The van der Waals surface area contributed by atoms with Crippen LogP contribution in [0.1, 0.15) is 45.1 Å². The second kappa shape index (κ2) is 13.0. The van der Waals surface area contributed by atoms with E-state index in [0.29, 0.717) is 29.9 Å². The fraction of sp³-hybridized carbons (Fsp3) is 0.652. The van der Waals surface area contributed by atoms with Crippen LogP contribution in [0.4, 0.5) is 10.1 Å². The van der Waals surface area contributed by atoms with Gasteiger partial charge >= 0.3 is 0 Å². The van der Waals surface area contributed by atoms with Crippen LogP contribution in [0.2, 0.25) is 0 Å². The summed E-state index contributed by atoms with van der Waals surface area (Å²) in [6.07, 6.45) is 5.16. The third kappa shape index (κ3) is 7.32. The normalized spacial score (nSPS) is 20.5.